The van der Waals surface area contributed by atoms with Crippen molar-refractivity contribution in [3.05, 3.63) is 0 Å². The van der Waals surface area contributed by atoms with E-state index in [1.807, 2.05) is 19.2 Å². The molecule has 19 heavy (non-hydrogen) atoms. The van der Waals surface area contributed by atoms with E-state index in [9.17, 15) is 14.4 Å². The predicted molar refractivity (Wildman–Crippen MR) is 63.1 cm³/mol. The molecule has 0 saturated carbocycles. The normalized spacial score (nSPS) is 13.5. The van der Waals surface area contributed by atoms with E-state index in [4.69, 9.17) is 14.9 Å². The Bertz CT molecular complexity index is 329. The van der Waals surface area contributed by atoms with Gasteiger partial charge < -0.3 is 25.0 Å². The maximum absolute atomic E-state index is 11.3. The van der Waals surface area contributed by atoms with Gasteiger partial charge in [-0.1, -0.05) is 13.8 Å². The summed E-state index contributed by atoms with van der Waals surface area (Å²) in [5.74, 6) is -1.81. The highest BCUT2D eigenvalue weighted by molar-refractivity contribution is 5.80. The van der Waals surface area contributed by atoms with Gasteiger partial charge in [-0.3, -0.25) is 4.79 Å². The number of hydrogen-bond acceptors (Lipinski definition) is 6. The molecule has 8 nitrogen and oxygen atoms in total. The SMILES string of the molecule is CC(C)CC(=O)OC(C)OC(=O)N[C@H](CO)C(=O)O. The standard InChI is InChI=1S/C11H19NO7/c1-6(2)4-9(14)18-7(3)19-11(17)12-8(5-13)10(15)16/h6-8,13H,4-5H2,1-3H3,(H,12,17)(H,15,16)/t7?,8-/m1/s1. The lowest BCUT2D eigenvalue weighted by Gasteiger charge is -2.17. The first kappa shape index (κ1) is 17.2. The summed E-state index contributed by atoms with van der Waals surface area (Å²) in [5, 5.41) is 19.2. The molecule has 0 spiro atoms. The largest absolute Gasteiger partial charge is 0.480 e. The van der Waals surface area contributed by atoms with E-state index < -0.39 is 37.0 Å². The van der Waals surface area contributed by atoms with Gasteiger partial charge in [-0.2, -0.15) is 0 Å². The van der Waals surface area contributed by atoms with Crippen LogP contribution < -0.4 is 5.32 Å². The van der Waals surface area contributed by atoms with Crippen LogP contribution in [0.1, 0.15) is 27.2 Å². The number of hydrogen-bond donors (Lipinski definition) is 3. The number of carboxylic acid groups (broad SMARTS) is 1. The second-order valence-corrected chi connectivity index (χ2v) is 4.28. The number of carbonyl (C=O) groups excluding carboxylic acids is 2. The summed E-state index contributed by atoms with van der Waals surface area (Å²) in [4.78, 5) is 33.0. The number of amides is 1. The number of aliphatic hydroxyl groups excluding tert-OH is 1. The first-order chi connectivity index (χ1) is 8.76. The van der Waals surface area contributed by atoms with E-state index in [1.54, 1.807) is 0 Å². The summed E-state index contributed by atoms with van der Waals surface area (Å²) in [6.45, 7) is 4.22. The summed E-state index contributed by atoms with van der Waals surface area (Å²) in [6.07, 6.45) is -2.05. The van der Waals surface area contributed by atoms with Gasteiger partial charge in [0, 0.05) is 13.3 Å². The lowest BCUT2D eigenvalue weighted by Crippen LogP contribution is -2.44. The van der Waals surface area contributed by atoms with Crippen LogP contribution in [0.25, 0.3) is 0 Å². The number of ether oxygens (including phenoxy) is 2. The van der Waals surface area contributed by atoms with Gasteiger partial charge in [-0.15, -0.1) is 0 Å². The van der Waals surface area contributed by atoms with Crippen LogP contribution in [0.3, 0.4) is 0 Å². The molecular weight excluding hydrogens is 258 g/mol. The van der Waals surface area contributed by atoms with Gasteiger partial charge in [0.2, 0.25) is 6.29 Å². The monoisotopic (exact) mass is 277 g/mol. The highest BCUT2D eigenvalue weighted by Crippen LogP contribution is 2.04. The minimum Gasteiger partial charge on any atom is -0.480 e. The third kappa shape index (κ3) is 7.98. The molecule has 0 aromatic heterocycles. The second kappa shape index (κ2) is 8.30. The second-order valence-electron chi connectivity index (χ2n) is 4.28. The van der Waals surface area contributed by atoms with Gasteiger partial charge in [0.1, 0.15) is 0 Å². The third-order valence-electron chi connectivity index (χ3n) is 1.92. The van der Waals surface area contributed by atoms with Crippen LogP contribution in [-0.2, 0) is 19.1 Å². The fourth-order valence-corrected chi connectivity index (χ4v) is 1.10. The van der Waals surface area contributed by atoms with Gasteiger partial charge in [0.15, 0.2) is 6.04 Å². The smallest absolute Gasteiger partial charge is 0.411 e. The molecule has 0 aliphatic heterocycles. The van der Waals surface area contributed by atoms with Crippen molar-refractivity contribution in [1.82, 2.24) is 5.32 Å². The number of carbonyl (C=O) groups is 3. The number of alkyl carbamates (subject to hydrolysis) is 1. The van der Waals surface area contributed by atoms with Crippen molar-refractivity contribution < 1.29 is 34.1 Å². The molecular formula is C11H19NO7. The molecule has 8 heteroatoms. The Balaban J connectivity index is 4.11. The topological polar surface area (TPSA) is 122 Å². The van der Waals surface area contributed by atoms with Crippen molar-refractivity contribution in [2.75, 3.05) is 6.61 Å². The zero-order valence-corrected chi connectivity index (χ0v) is 11.1. The van der Waals surface area contributed by atoms with Crippen molar-refractivity contribution >= 4 is 18.0 Å². The first-order valence-corrected chi connectivity index (χ1v) is 5.76. The minimum absolute atomic E-state index is 0.110. The van der Waals surface area contributed by atoms with Crippen molar-refractivity contribution in [3.63, 3.8) is 0 Å². The summed E-state index contributed by atoms with van der Waals surface area (Å²) in [7, 11) is 0. The van der Waals surface area contributed by atoms with Crippen molar-refractivity contribution in [2.24, 2.45) is 5.92 Å². The zero-order valence-electron chi connectivity index (χ0n) is 11.1. The van der Waals surface area contributed by atoms with Gasteiger partial charge >= 0.3 is 18.0 Å². The molecule has 0 fully saturated rings. The Morgan fingerprint density at radius 2 is 1.74 bits per heavy atom. The van der Waals surface area contributed by atoms with Crippen LogP contribution in [0.5, 0.6) is 0 Å². The van der Waals surface area contributed by atoms with Crippen molar-refractivity contribution in [1.29, 1.82) is 0 Å². The van der Waals surface area contributed by atoms with Crippen LogP contribution in [0.15, 0.2) is 0 Å². The average Bonchev–Trinajstić information content (AvgIpc) is 2.23. The maximum Gasteiger partial charge on any atom is 0.411 e. The molecule has 0 aliphatic rings. The molecule has 0 bridgehead atoms. The molecule has 0 radical (unpaired) electrons. The van der Waals surface area contributed by atoms with Gasteiger partial charge in [-0.25, -0.2) is 9.59 Å². The van der Waals surface area contributed by atoms with Crippen LogP contribution in [-0.4, -0.2) is 47.2 Å². The molecule has 0 aromatic carbocycles. The number of aliphatic carboxylic acids is 1. The Labute approximate surface area is 110 Å². The highest BCUT2D eigenvalue weighted by Gasteiger charge is 2.21. The zero-order chi connectivity index (χ0) is 15.0. The minimum atomic E-state index is -1.47. The third-order valence-corrected chi connectivity index (χ3v) is 1.92. The molecule has 3 N–H and O–H groups in total. The van der Waals surface area contributed by atoms with Crippen molar-refractivity contribution in [3.8, 4) is 0 Å². The summed E-state index contributed by atoms with van der Waals surface area (Å²) in [5.41, 5.74) is 0. The van der Waals surface area contributed by atoms with E-state index in [-0.39, 0.29) is 12.3 Å². The number of rotatable bonds is 7. The molecule has 0 saturated heterocycles. The lowest BCUT2D eigenvalue weighted by atomic mass is 10.1. The van der Waals surface area contributed by atoms with Crippen LogP contribution in [0.2, 0.25) is 0 Å². The Hall–Kier alpha value is -1.83. The number of esters is 1. The van der Waals surface area contributed by atoms with Crippen LogP contribution in [0.4, 0.5) is 4.79 Å². The van der Waals surface area contributed by atoms with Gasteiger partial charge in [-0.05, 0) is 5.92 Å². The van der Waals surface area contributed by atoms with E-state index in [1.165, 1.54) is 6.92 Å². The van der Waals surface area contributed by atoms with E-state index in [2.05, 4.69) is 4.74 Å². The molecule has 0 aliphatic carbocycles. The fourth-order valence-electron chi connectivity index (χ4n) is 1.10. The van der Waals surface area contributed by atoms with Crippen molar-refractivity contribution in [2.45, 2.75) is 39.5 Å². The summed E-state index contributed by atoms with van der Waals surface area (Å²) in [6, 6.07) is -1.47. The summed E-state index contributed by atoms with van der Waals surface area (Å²) < 4.78 is 9.39. The Morgan fingerprint density at radius 3 is 2.16 bits per heavy atom. The number of carboxylic acids is 1. The highest BCUT2D eigenvalue weighted by atomic mass is 16.7. The first-order valence-electron chi connectivity index (χ1n) is 5.76. The fraction of sp³-hybridized carbons (Fsp3) is 0.727. The quantitative estimate of drug-likeness (QED) is 0.445. The Kier molecular flexibility index (Phi) is 7.50. The van der Waals surface area contributed by atoms with E-state index >= 15 is 0 Å². The van der Waals surface area contributed by atoms with Crippen LogP contribution >= 0.6 is 0 Å². The molecule has 0 aromatic rings. The summed E-state index contributed by atoms with van der Waals surface area (Å²) >= 11 is 0. The van der Waals surface area contributed by atoms with E-state index in [0.29, 0.717) is 0 Å². The van der Waals surface area contributed by atoms with Crippen LogP contribution in [0, 0.1) is 5.92 Å². The molecule has 0 rings (SSSR count). The number of aliphatic hydroxyl groups is 1. The molecule has 110 valence electrons. The van der Waals surface area contributed by atoms with Gasteiger partial charge in [0.05, 0.1) is 6.61 Å². The molecule has 1 amide bonds. The maximum atomic E-state index is 11.3. The molecule has 2 atom stereocenters. The van der Waals surface area contributed by atoms with E-state index in [0.717, 1.165) is 0 Å². The average molecular weight is 277 g/mol. The molecule has 1 unspecified atom stereocenters. The lowest BCUT2D eigenvalue weighted by molar-refractivity contribution is -0.166. The van der Waals surface area contributed by atoms with Gasteiger partial charge in [0.25, 0.3) is 0 Å². The number of nitrogens with one attached hydrogen (secondary N) is 1. The molecule has 0 heterocycles. The predicted octanol–water partition coefficient (Wildman–Crippen LogP) is 0.0934. The Morgan fingerprint density at radius 1 is 1.16 bits per heavy atom.